The van der Waals surface area contributed by atoms with Crippen molar-refractivity contribution in [1.82, 2.24) is 5.32 Å². The molecule has 94 valence electrons. The van der Waals surface area contributed by atoms with Gasteiger partial charge in [-0.2, -0.15) is 13.2 Å². The molecule has 1 aliphatic rings. The van der Waals surface area contributed by atoms with Crippen molar-refractivity contribution in [2.45, 2.75) is 31.1 Å². The molecule has 17 heavy (non-hydrogen) atoms. The minimum atomic E-state index is -4.24. The molecule has 1 saturated carbocycles. The summed E-state index contributed by atoms with van der Waals surface area (Å²) in [4.78, 5) is 0. The minimum absolute atomic E-state index is 0.00213. The van der Waals surface area contributed by atoms with Crippen LogP contribution in [0.2, 0.25) is 0 Å². The van der Waals surface area contributed by atoms with Crippen LogP contribution in [-0.2, 0) is 6.54 Å². The van der Waals surface area contributed by atoms with Crippen LogP contribution >= 0.6 is 15.9 Å². The van der Waals surface area contributed by atoms with Crippen LogP contribution in [0.15, 0.2) is 22.7 Å². The van der Waals surface area contributed by atoms with E-state index >= 15 is 0 Å². The third-order valence-corrected chi connectivity index (χ3v) is 3.69. The zero-order valence-electron chi connectivity index (χ0n) is 8.74. The minimum Gasteiger partial charge on any atom is -0.299 e. The van der Waals surface area contributed by atoms with Crippen molar-refractivity contribution < 1.29 is 17.6 Å². The first-order chi connectivity index (χ1) is 7.84. The molecule has 0 radical (unpaired) electrons. The Kier molecular flexibility index (Phi) is 3.20. The van der Waals surface area contributed by atoms with E-state index in [1.165, 1.54) is 18.2 Å². The molecular formula is C11H10BrF4N. The van der Waals surface area contributed by atoms with Gasteiger partial charge in [0.25, 0.3) is 0 Å². The molecule has 1 aromatic carbocycles. The first kappa shape index (κ1) is 12.8. The summed E-state index contributed by atoms with van der Waals surface area (Å²) in [5.41, 5.74) is -1.28. The van der Waals surface area contributed by atoms with Gasteiger partial charge < -0.3 is 0 Å². The zero-order valence-corrected chi connectivity index (χ0v) is 10.3. The summed E-state index contributed by atoms with van der Waals surface area (Å²) in [5, 5.41) is 2.47. The predicted molar refractivity (Wildman–Crippen MR) is 59.0 cm³/mol. The van der Waals surface area contributed by atoms with E-state index in [-0.39, 0.29) is 19.4 Å². The lowest BCUT2D eigenvalue weighted by atomic mass is 10.2. The Balaban J connectivity index is 2.06. The number of nitrogens with one attached hydrogen (secondary N) is 1. The van der Waals surface area contributed by atoms with Gasteiger partial charge in [0, 0.05) is 11.0 Å². The molecule has 1 aromatic rings. The average molecular weight is 312 g/mol. The third kappa shape index (κ3) is 2.63. The fourth-order valence-electron chi connectivity index (χ4n) is 1.63. The van der Waals surface area contributed by atoms with Crippen molar-refractivity contribution >= 4 is 15.9 Å². The van der Waals surface area contributed by atoms with Gasteiger partial charge in [-0.15, -0.1) is 0 Å². The second kappa shape index (κ2) is 4.24. The van der Waals surface area contributed by atoms with Crippen LogP contribution in [-0.4, -0.2) is 11.7 Å². The Morgan fingerprint density at radius 1 is 1.29 bits per heavy atom. The quantitative estimate of drug-likeness (QED) is 0.838. The molecule has 0 bridgehead atoms. The largest absolute Gasteiger partial charge is 0.406 e. The molecule has 2 rings (SSSR count). The molecule has 1 nitrogen and oxygen atoms in total. The lowest BCUT2D eigenvalue weighted by Gasteiger charge is -2.21. The Bertz CT molecular complexity index is 426. The van der Waals surface area contributed by atoms with Gasteiger partial charge >= 0.3 is 6.18 Å². The maximum Gasteiger partial charge on any atom is 0.406 e. The van der Waals surface area contributed by atoms with Crippen LogP contribution in [0.4, 0.5) is 17.6 Å². The highest BCUT2D eigenvalue weighted by atomic mass is 79.9. The Morgan fingerprint density at radius 2 is 1.94 bits per heavy atom. The van der Waals surface area contributed by atoms with Gasteiger partial charge in [0.15, 0.2) is 0 Å². The van der Waals surface area contributed by atoms with Gasteiger partial charge in [0.2, 0.25) is 0 Å². The molecular weight excluding hydrogens is 302 g/mol. The average Bonchev–Trinajstić information content (AvgIpc) is 2.99. The van der Waals surface area contributed by atoms with Gasteiger partial charge in [0.1, 0.15) is 11.4 Å². The fraction of sp³-hybridized carbons (Fsp3) is 0.455. The van der Waals surface area contributed by atoms with Crippen molar-refractivity contribution in [3.05, 3.63) is 34.1 Å². The number of hydrogen-bond donors (Lipinski definition) is 1. The van der Waals surface area contributed by atoms with E-state index < -0.39 is 17.5 Å². The summed E-state index contributed by atoms with van der Waals surface area (Å²) in [6.45, 7) is -0.00213. The summed E-state index contributed by atoms with van der Waals surface area (Å²) < 4.78 is 51.4. The van der Waals surface area contributed by atoms with E-state index in [2.05, 4.69) is 21.2 Å². The molecule has 1 fully saturated rings. The standard InChI is InChI=1S/C11H10BrF4N/c12-9-2-1-8(13)5-7(9)6-17-10(3-4-10)11(14,15)16/h1-2,5,17H,3-4,6H2. The number of halogens is 5. The highest BCUT2D eigenvalue weighted by Crippen LogP contribution is 2.49. The molecule has 6 heteroatoms. The molecule has 0 spiro atoms. The number of rotatable bonds is 3. The number of hydrogen-bond acceptors (Lipinski definition) is 1. The first-order valence-electron chi connectivity index (χ1n) is 5.10. The van der Waals surface area contributed by atoms with Crippen LogP contribution in [0.1, 0.15) is 18.4 Å². The van der Waals surface area contributed by atoms with E-state index in [0.717, 1.165) is 0 Å². The smallest absolute Gasteiger partial charge is 0.299 e. The lowest BCUT2D eigenvalue weighted by Crippen LogP contribution is -2.44. The predicted octanol–water partition coefficient (Wildman–Crippen LogP) is 3.77. The lowest BCUT2D eigenvalue weighted by molar-refractivity contribution is -0.166. The van der Waals surface area contributed by atoms with Crippen LogP contribution < -0.4 is 5.32 Å². The molecule has 1 aliphatic carbocycles. The van der Waals surface area contributed by atoms with Gasteiger partial charge in [-0.05, 0) is 36.6 Å². The normalized spacial score (nSPS) is 18.2. The fourth-order valence-corrected chi connectivity index (χ4v) is 2.02. The number of alkyl halides is 3. The Labute approximate surface area is 104 Å². The van der Waals surface area contributed by atoms with E-state index in [9.17, 15) is 17.6 Å². The molecule has 0 amide bonds. The summed E-state index contributed by atoms with van der Waals surface area (Å²) in [7, 11) is 0. The maximum absolute atomic E-state index is 12.9. The number of benzene rings is 1. The first-order valence-corrected chi connectivity index (χ1v) is 5.89. The second-order valence-corrected chi connectivity index (χ2v) is 5.02. The van der Waals surface area contributed by atoms with Crippen LogP contribution in [0.5, 0.6) is 0 Å². The van der Waals surface area contributed by atoms with E-state index in [0.29, 0.717) is 10.0 Å². The summed E-state index contributed by atoms with van der Waals surface area (Å²) in [6.07, 6.45) is -4.07. The topological polar surface area (TPSA) is 12.0 Å². The van der Waals surface area contributed by atoms with Crippen molar-refractivity contribution in [3.63, 3.8) is 0 Å². The van der Waals surface area contributed by atoms with Gasteiger partial charge in [0.05, 0.1) is 0 Å². The molecule has 0 heterocycles. The van der Waals surface area contributed by atoms with Gasteiger partial charge in [-0.1, -0.05) is 15.9 Å². The highest BCUT2D eigenvalue weighted by molar-refractivity contribution is 9.10. The van der Waals surface area contributed by atoms with Crippen molar-refractivity contribution in [2.75, 3.05) is 0 Å². The Morgan fingerprint density at radius 3 is 2.47 bits per heavy atom. The third-order valence-electron chi connectivity index (χ3n) is 2.92. The van der Waals surface area contributed by atoms with Gasteiger partial charge in [-0.3, -0.25) is 5.32 Å². The van der Waals surface area contributed by atoms with E-state index in [4.69, 9.17) is 0 Å². The SMILES string of the molecule is Fc1ccc(Br)c(CNC2(C(F)(F)F)CC2)c1. The van der Waals surface area contributed by atoms with Crippen LogP contribution in [0, 0.1) is 5.82 Å². The monoisotopic (exact) mass is 311 g/mol. The molecule has 0 aromatic heterocycles. The molecule has 0 saturated heterocycles. The molecule has 0 atom stereocenters. The van der Waals surface area contributed by atoms with Crippen molar-refractivity contribution in [2.24, 2.45) is 0 Å². The molecule has 0 aliphatic heterocycles. The molecule has 1 N–H and O–H groups in total. The second-order valence-electron chi connectivity index (χ2n) is 4.17. The summed E-state index contributed by atoms with van der Waals surface area (Å²) >= 11 is 3.18. The Hall–Kier alpha value is -0.620. The van der Waals surface area contributed by atoms with Gasteiger partial charge in [-0.25, -0.2) is 4.39 Å². The highest BCUT2D eigenvalue weighted by Gasteiger charge is 2.62. The maximum atomic E-state index is 12.9. The van der Waals surface area contributed by atoms with E-state index in [1.54, 1.807) is 0 Å². The summed E-state index contributed by atoms with van der Waals surface area (Å²) in [6, 6.07) is 3.97. The van der Waals surface area contributed by atoms with Crippen LogP contribution in [0.3, 0.4) is 0 Å². The van der Waals surface area contributed by atoms with Crippen molar-refractivity contribution in [1.29, 1.82) is 0 Å². The summed E-state index contributed by atoms with van der Waals surface area (Å²) in [5.74, 6) is -0.457. The van der Waals surface area contributed by atoms with Crippen LogP contribution in [0.25, 0.3) is 0 Å². The van der Waals surface area contributed by atoms with E-state index in [1.807, 2.05) is 0 Å². The van der Waals surface area contributed by atoms with Crippen molar-refractivity contribution in [3.8, 4) is 0 Å². The zero-order chi connectivity index (χ0) is 12.7. The molecule has 0 unspecified atom stereocenters.